The molecule has 1 aliphatic rings. The molecule has 1 aliphatic heterocycles. The number of rotatable bonds is 6. The zero-order valence-electron chi connectivity index (χ0n) is 9.91. The van der Waals surface area contributed by atoms with Gasteiger partial charge in [-0.05, 0) is 52.9 Å². The number of thiocarbonyl (C=S) groups is 1. The molecule has 0 radical (unpaired) electrons. The van der Waals surface area contributed by atoms with Crippen LogP contribution in [0, 0.1) is 0 Å². The summed E-state index contributed by atoms with van der Waals surface area (Å²) in [6.07, 6.45) is 4.68. The van der Waals surface area contributed by atoms with Gasteiger partial charge in [-0.15, -0.1) is 0 Å². The predicted molar refractivity (Wildman–Crippen MR) is 69.2 cm³/mol. The van der Waals surface area contributed by atoms with Gasteiger partial charge < -0.3 is 10.6 Å². The molecule has 1 heterocycles. The first kappa shape index (κ1) is 12.9. The Bertz CT molecular complexity index is 206. The molecular formula is C11H23N3S. The van der Waals surface area contributed by atoms with E-state index in [2.05, 4.69) is 23.9 Å². The second-order valence-corrected chi connectivity index (χ2v) is 5.19. The van der Waals surface area contributed by atoms with E-state index in [-0.39, 0.29) is 0 Å². The monoisotopic (exact) mass is 229 g/mol. The van der Waals surface area contributed by atoms with Crippen LogP contribution in [-0.4, -0.2) is 54.6 Å². The molecule has 1 fully saturated rings. The van der Waals surface area contributed by atoms with Gasteiger partial charge in [-0.2, -0.15) is 0 Å². The molecule has 0 aromatic heterocycles. The van der Waals surface area contributed by atoms with Crippen LogP contribution in [-0.2, 0) is 0 Å². The molecule has 0 aromatic rings. The van der Waals surface area contributed by atoms with Gasteiger partial charge in [-0.1, -0.05) is 12.2 Å². The summed E-state index contributed by atoms with van der Waals surface area (Å²) in [7, 11) is 4.29. The fraction of sp³-hybridized carbons (Fsp3) is 0.909. The van der Waals surface area contributed by atoms with Gasteiger partial charge in [-0.25, -0.2) is 0 Å². The maximum Gasteiger partial charge on any atom is 0.0727 e. The molecule has 4 heteroatoms. The third-order valence-electron chi connectivity index (χ3n) is 2.94. The zero-order valence-corrected chi connectivity index (χ0v) is 10.7. The summed E-state index contributed by atoms with van der Waals surface area (Å²) in [6, 6.07) is 0.742. The summed E-state index contributed by atoms with van der Waals surface area (Å²) in [5.74, 6) is 0. The van der Waals surface area contributed by atoms with Crippen molar-refractivity contribution < 1.29 is 0 Å². The van der Waals surface area contributed by atoms with Crippen molar-refractivity contribution in [1.82, 2.24) is 9.80 Å². The summed E-state index contributed by atoms with van der Waals surface area (Å²) in [5, 5.41) is 0. The van der Waals surface area contributed by atoms with E-state index in [9.17, 15) is 0 Å². The summed E-state index contributed by atoms with van der Waals surface area (Å²) >= 11 is 4.89. The minimum Gasteiger partial charge on any atom is -0.393 e. The van der Waals surface area contributed by atoms with Crippen molar-refractivity contribution in [2.75, 3.05) is 33.7 Å². The molecule has 0 aromatic carbocycles. The maximum absolute atomic E-state index is 5.50. The van der Waals surface area contributed by atoms with E-state index in [1.165, 1.54) is 25.9 Å². The van der Waals surface area contributed by atoms with Crippen LogP contribution in [0.3, 0.4) is 0 Å². The van der Waals surface area contributed by atoms with Crippen LogP contribution in [0.5, 0.6) is 0 Å². The average molecular weight is 229 g/mol. The van der Waals surface area contributed by atoms with Crippen molar-refractivity contribution in [1.29, 1.82) is 0 Å². The van der Waals surface area contributed by atoms with E-state index >= 15 is 0 Å². The van der Waals surface area contributed by atoms with Crippen LogP contribution in [0.2, 0.25) is 0 Å². The summed E-state index contributed by atoms with van der Waals surface area (Å²) in [4.78, 5) is 5.51. The van der Waals surface area contributed by atoms with E-state index in [0.717, 1.165) is 25.4 Å². The Morgan fingerprint density at radius 3 is 2.87 bits per heavy atom. The molecule has 2 N–H and O–H groups in total. The normalized spacial score (nSPS) is 22.5. The minimum absolute atomic E-state index is 0.651. The standard InChI is InChI=1S/C11H23N3S/c1-13(2)9-10-5-3-7-14(10)8-4-6-11(12)15/h10H,3-9H2,1-2H3,(H2,12,15). The lowest BCUT2D eigenvalue weighted by atomic mass is 10.2. The van der Waals surface area contributed by atoms with Crippen LogP contribution >= 0.6 is 12.2 Å². The average Bonchev–Trinajstić information content (AvgIpc) is 2.51. The maximum atomic E-state index is 5.50. The first-order valence-electron chi connectivity index (χ1n) is 5.76. The van der Waals surface area contributed by atoms with E-state index in [1.807, 2.05) is 0 Å². The van der Waals surface area contributed by atoms with Crippen LogP contribution in [0.25, 0.3) is 0 Å². The van der Waals surface area contributed by atoms with E-state index in [1.54, 1.807) is 0 Å². The van der Waals surface area contributed by atoms with Gasteiger partial charge in [0.2, 0.25) is 0 Å². The highest BCUT2D eigenvalue weighted by Gasteiger charge is 2.23. The van der Waals surface area contributed by atoms with Crippen molar-refractivity contribution in [3.8, 4) is 0 Å². The first-order chi connectivity index (χ1) is 7.09. The Morgan fingerprint density at radius 1 is 1.53 bits per heavy atom. The molecule has 3 nitrogen and oxygen atoms in total. The van der Waals surface area contributed by atoms with Gasteiger partial charge in [-0.3, -0.25) is 4.90 Å². The van der Waals surface area contributed by atoms with Gasteiger partial charge in [0.15, 0.2) is 0 Å². The molecule has 0 saturated carbocycles. The number of hydrogen-bond donors (Lipinski definition) is 1. The van der Waals surface area contributed by atoms with Crippen molar-refractivity contribution in [3.05, 3.63) is 0 Å². The fourth-order valence-corrected chi connectivity index (χ4v) is 2.42. The van der Waals surface area contributed by atoms with Crippen LogP contribution in [0.1, 0.15) is 25.7 Å². The second-order valence-electron chi connectivity index (χ2n) is 4.66. The van der Waals surface area contributed by atoms with Crippen molar-refractivity contribution >= 4 is 17.2 Å². The largest absolute Gasteiger partial charge is 0.393 e. The molecule has 1 saturated heterocycles. The molecule has 1 rings (SSSR count). The highest BCUT2D eigenvalue weighted by molar-refractivity contribution is 7.80. The Kier molecular flexibility index (Phi) is 5.50. The third-order valence-corrected chi connectivity index (χ3v) is 3.15. The first-order valence-corrected chi connectivity index (χ1v) is 6.17. The molecule has 0 spiro atoms. The van der Waals surface area contributed by atoms with E-state index in [4.69, 9.17) is 18.0 Å². The lowest BCUT2D eigenvalue weighted by Gasteiger charge is -2.26. The molecule has 0 amide bonds. The zero-order chi connectivity index (χ0) is 11.3. The highest BCUT2D eigenvalue weighted by atomic mass is 32.1. The SMILES string of the molecule is CN(C)CC1CCCN1CCCC(N)=S. The lowest BCUT2D eigenvalue weighted by Crippen LogP contribution is -2.38. The van der Waals surface area contributed by atoms with E-state index < -0.39 is 0 Å². The predicted octanol–water partition coefficient (Wildman–Crippen LogP) is 1.08. The molecule has 88 valence electrons. The number of nitrogens with zero attached hydrogens (tertiary/aromatic N) is 2. The van der Waals surface area contributed by atoms with Crippen LogP contribution < -0.4 is 5.73 Å². The quantitative estimate of drug-likeness (QED) is 0.691. The Morgan fingerprint density at radius 2 is 2.27 bits per heavy atom. The molecule has 0 aliphatic carbocycles. The van der Waals surface area contributed by atoms with Gasteiger partial charge in [0.25, 0.3) is 0 Å². The van der Waals surface area contributed by atoms with Gasteiger partial charge in [0, 0.05) is 12.6 Å². The molecule has 1 atom stereocenters. The van der Waals surface area contributed by atoms with Crippen LogP contribution in [0.4, 0.5) is 0 Å². The number of likely N-dealkylation sites (N-methyl/N-ethyl adjacent to an activating group) is 1. The van der Waals surface area contributed by atoms with Gasteiger partial charge >= 0.3 is 0 Å². The van der Waals surface area contributed by atoms with Gasteiger partial charge in [0.05, 0.1) is 4.99 Å². The second kappa shape index (κ2) is 6.40. The summed E-state index contributed by atoms with van der Waals surface area (Å²) in [5.41, 5.74) is 5.50. The number of likely N-dealkylation sites (tertiary alicyclic amines) is 1. The third kappa shape index (κ3) is 4.91. The fourth-order valence-electron chi connectivity index (χ4n) is 2.27. The molecular weight excluding hydrogens is 206 g/mol. The Labute approximate surface area is 98.6 Å². The summed E-state index contributed by atoms with van der Waals surface area (Å²) in [6.45, 7) is 3.57. The summed E-state index contributed by atoms with van der Waals surface area (Å²) < 4.78 is 0. The van der Waals surface area contributed by atoms with Crippen molar-refractivity contribution in [2.45, 2.75) is 31.7 Å². The van der Waals surface area contributed by atoms with Crippen molar-refractivity contribution in [3.63, 3.8) is 0 Å². The minimum atomic E-state index is 0.651. The number of nitrogens with two attached hydrogens (primary N) is 1. The molecule has 15 heavy (non-hydrogen) atoms. The highest BCUT2D eigenvalue weighted by Crippen LogP contribution is 2.18. The Balaban J connectivity index is 2.24. The van der Waals surface area contributed by atoms with E-state index in [0.29, 0.717) is 4.99 Å². The van der Waals surface area contributed by atoms with Crippen molar-refractivity contribution in [2.24, 2.45) is 5.73 Å². The smallest absolute Gasteiger partial charge is 0.0727 e. The lowest BCUT2D eigenvalue weighted by molar-refractivity contribution is 0.207. The number of hydrogen-bond acceptors (Lipinski definition) is 3. The molecule has 1 unspecified atom stereocenters. The topological polar surface area (TPSA) is 32.5 Å². The van der Waals surface area contributed by atoms with Crippen LogP contribution in [0.15, 0.2) is 0 Å². The molecule has 0 bridgehead atoms. The van der Waals surface area contributed by atoms with Gasteiger partial charge in [0.1, 0.15) is 0 Å². The Hall–Kier alpha value is -0.190.